The number of H-pyrrole nitrogens is 1. The number of ether oxygens (including phenoxy) is 2. The number of aromatic nitrogens is 5. The highest BCUT2D eigenvalue weighted by Gasteiger charge is 2.26. The van der Waals surface area contributed by atoms with E-state index in [1.165, 1.54) is 10.9 Å². The van der Waals surface area contributed by atoms with Crippen molar-refractivity contribution in [2.75, 3.05) is 14.2 Å². The highest BCUT2D eigenvalue weighted by Crippen LogP contribution is 2.36. The van der Waals surface area contributed by atoms with Crippen LogP contribution in [-0.2, 0) is 17.6 Å². The molecule has 0 aliphatic heterocycles. The summed E-state index contributed by atoms with van der Waals surface area (Å²) in [7, 11) is 3.23. The van der Waals surface area contributed by atoms with Crippen molar-refractivity contribution in [3.8, 4) is 11.6 Å². The quantitative estimate of drug-likeness (QED) is 0.497. The Kier molecular flexibility index (Phi) is 4.93. The number of carbonyl (C=O) groups excluding carboxylic acids is 1. The van der Waals surface area contributed by atoms with Crippen LogP contribution in [0, 0.1) is 0 Å². The number of carbonyl (C=O) groups is 1. The van der Waals surface area contributed by atoms with Crippen molar-refractivity contribution in [2.45, 2.75) is 38.1 Å². The molecule has 0 unspecified atom stereocenters. The Balaban J connectivity index is 1.31. The number of amides is 1. The molecule has 2 N–H and O–H groups in total. The second-order valence-corrected chi connectivity index (χ2v) is 7.70. The fraction of sp³-hybridized carbons (Fsp3) is 0.364. The molecular weight excluding hydrogens is 396 g/mol. The van der Waals surface area contributed by atoms with Crippen LogP contribution in [0.15, 0.2) is 30.3 Å². The van der Waals surface area contributed by atoms with Crippen molar-refractivity contribution in [2.24, 2.45) is 0 Å². The first-order valence-corrected chi connectivity index (χ1v) is 10.4. The lowest BCUT2D eigenvalue weighted by Crippen LogP contribution is -2.31. The topological polar surface area (TPSA) is 106 Å². The summed E-state index contributed by atoms with van der Waals surface area (Å²) in [6, 6.07) is 9.54. The molecule has 9 heteroatoms. The number of fused-ring (bicyclic) bond motifs is 4. The van der Waals surface area contributed by atoms with Crippen LogP contribution in [0.5, 0.6) is 11.6 Å². The first-order valence-electron chi connectivity index (χ1n) is 10.4. The molecule has 0 fully saturated rings. The third-order valence-electron chi connectivity index (χ3n) is 5.84. The van der Waals surface area contributed by atoms with E-state index in [4.69, 9.17) is 9.47 Å². The fourth-order valence-electron chi connectivity index (χ4n) is 4.29. The number of aryl methyl sites for hydroxylation is 2. The average molecular weight is 420 g/mol. The normalized spacial score (nSPS) is 15.7. The molecule has 1 aliphatic carbocycles. The van der Waals surface area contributed by atoms with Crippen molar-refractivity contribution in [1.29, 1.82) is 0 Å². The van der Waals surface area contributed by atoms with Gasteiger partial charge >= 0.3 is 0 Å². The van der Waals surface area contributed by atoms with Gasteiger partial charge in [0.15, 0.2) is 11.5 Å². The van der Waals surface area contributed by atoms with E-state index in [-0.39, 0.29) is 11.9 Å². The van der Waals surface area contributed by atoms with Crippen molar-refractivity contribution < 1.29 is 14.3 Å². The summed E-state index contributed by atoms with van der Waals surface area (Å²) in [5, 5.41) is 17.0. The van der Waals surface area contributed by atoms with Gasteiger partial charge < -0.3 is 19.8 Å². The summed E-state index contributed by atoms with van der Waals surface area (Å²) in [6.45, 7) is 0. The molecule has 4 aromatic rings. The maximum atomic E-state index is 12.7. The molecule has 0 saturated carbocycles. The standard InChI is InChI=1S/C22H24N6O3/c1-30-13-6-7-16-15(12-13)14-4-3-5-17(22(14)24-16)23-20(29)10-8-18-25-26-19-9-11-21(31-2)27-28(18)19/h6-7,9,11-12,17,24H,3-5,8,10H2,1-2H3,(H,23,29)/t17-/m1/s1. The molecule has 9 nitrogen and oxygen atoms in total. The van der Waals surface area contributed by atoms with Gasteiger partial charge in [0.2, 0.25) is 11.8 Å². The summed E-state index contributed by atoms with van der Waals surface area (Å²) in [6.07, 6.45) is 3.68. The lowest BCUT2D eigenvalue weighted by molar-refractivity contribution is -0.122. The Morgan fingerprint density at radius 2 is 2.13 bits per heavy atom. The zero-order valence-corrected chi connectivity index (χ0v) is 17.5. The lowest BCUT2D eigenvalue weighted by atomic mass is 9.91. The largest absolute Gasteiger partial charge is 0.497 e. The molecule has 0 radical (unpaired) electrons. The van der Waals surface area contributed by atoms with E-state index in [0.717, 1.165) is 36.2 Å². The van der Waals surface area contributed by atoms with Crippen LogP contribution in [0.25, 0.3) is 16.6 Å². The number of nitrogens with one attached hydrogen (secondary N) is 2. The fourth-order valence-corrected chi connectivity index (χ4v) is 4.29. The molecule has 1 aliphatic rings. The number of benzene rings is 1. The minimum atomic E-state index is -0.0250. The van der Waals surface area contributed by atoms with Crippen LogP contribution >= 0.6 is 0 Å². The third-order valence-corrected chi connectivity index (χ3v) is 5.84. The average Bonchev–Trinajstić information content (AvgIpc) is 3.38. The summed E-state index contributed by atoms with van der Waals surface area (Å²) in [5.41, 5.74) is 4.07. The summed E-state index contributed by atoms with van der Waals surface area (Å²) in [5.74, 6) is 1.93. The Morgan fingerprint density at radius 1 is 1.23 bits per heavy atom. The summed E-state index contributed by atoms with van der Waals surface area (Å²) >= 11 is 0. The van der Waals surface area contributed by atoms with Gasteiger partial charge in [-0.25, -0.2) is 0 Å². The first kappa shape index (κ1) is 19.3. The second kappa shape index (κ2) is 7.90. The first-order chi connectivity index (χ1) is 15.2. The molecule has 3 aromatic heterocycles. The molecule has 31 heavy (non-hydrogen) atoms. The van der Waals surface area contributed by atoms with Gasteiger partial charge in [0.25, 0.3) is 0 Å². The van der Waals surface area contributed by atoms with Gasteiger partial charge in [0.1, 0.15) is 5.75 Å². The van der Waals surface area contributed by atoms with Gasteiger partial charge in [-0.15, -0.1) is 15.3 Å². The number of hydrogen-bond donors (Lipinski definition) is 2. The van der Waals surface area contributed by atoms with Crippen LogP contribution in [0.3, 0.4) is 0 Å². The smallest absolute Gasteiger partial charge is 0.231 e. The summed E-state index contributed by atoms with van der Waals surface area (Å²) in [4.78, 5) is 16.3. The number of rotatable bonds is 6. The van der Waals surface area contributed by atoms with Gasteiger partial charge in [0.05, 0.1) is 20.3 Å². The number of nitrogens with zero attached hydrogens (tertiary/aromatic N) is 4. The molecular formula is C22H24N6O3. The van der Waals surface area contributed by atoms with Crippen LogP contribution in [-0.4, -0.2) is 44.9 Å². The van der Waals surface area contributed by atoms with Crippen molar-refractivity contribution in [3.05, 3.63) is 47.4 Å². The Morgan fingerprint density at radius 3 is 2.97 bits per heavy atom. The minimum absolute atomic E-state index is 0.0197. The zero-order valence-electron chi connectivity index (χ0n) is 17.5. The molecule has 1 amide bonds. The van der Waals surface area contributed by atoms with Crippen LogP contribution in [0.1, 0.15) is 42.4 Å². The highest BCUT2D eigenvalue weighted by atomic mass is 16.5. The van der Waals surface area contributed by atoms with E-state index in [0.29, 0.717) is 30.2 Å². The maximum Gasteiger partial charge on any atom is 0.231 e. The minimum Gasteiger partial charge on any atom is -0.497 e. The molecule has 160 valence electrons. The Hall–Kier alpha value is -3.62. The monoisotopic (exact) mass is 420 g/mol. The zero-order chi connectivity index (χ0) is 21.4. The van der Waals surface area contributed by atoms with E-state index in [1.807, 2.05) is 12.1 Å². The van der Waals surface area contributed by atoms with E-state index in [2.05, 4.69) is 31.7 Å². The van der Waals surface area contributed by atoms with E-state index in [9.17, 15) is 4.79 Å². The predicted molar refractivity (Wildman–Crippen MR) is 114 cm³/mol. The van der Waals surface area contributed by atoms with Gasteiger partial charge in [0, 0.05) is 35.5 Å². The number of aromatic amines is 1. The molecule has 0 saturated heterocycles. The van der Waals surface area contributed by atoms with Crippen molar-refractivity contribution in [3.63, 3.8) is 0 Å². The molecule has 1 atom stereocenters. The Labute approximate surface area is 178 Å². The second-order valence-electron chi connectivity index (χ2n) is 7.70. The SMILES string of the molecule is COc1ccc2[nH]c3c(c2c1)CCC[C@H]3NC(=O)CCc1nnc2ccc(OC)nn12. The highest BCUT2D eigenvalue weighted by molar-refractivity contribution is 5.87. The molecule has 0 spiro atoms. The third kappa shape index (κ3) is 3.56. The van der Waals surface area contributed by atoms with Crippen LogP contribution in [0.4, 0.5) is 0 Å². The number of hydrogen-bond acceptors (Lipinski definition) is 6. The molecule has 5 rings (SSSR count). The van der Waals surface area contributed by atoms with Crippen molar-refractivity contribution in [1.82, 2.24) is 30.1 Å². The van der Waals surface area contributed by atoms with Gasteiger partial charge in [-0.05, 0) is 49.1 Å². The Bertz CT molecular complexity index is 1260. The van der Waals surface area contributed by atoms with E-state index < -0.39 is 0 Å². The predicted octanol–water partition coefficient (Wildman–Crippen LogP) is 2.75. The number of methoxy groups -OCH3 is 2. The van der Waals surface area contributed by atoms with Gasteiger partial charge in [-0.2, -0.15) is 4.52 Å². The molecule has 1 aromatic carbocycles. The van der Waals surface area contributed by atoms with Crippen molar-refractivity contribution >= 4 is 22.5 Å². The lowest BCUT2D eigenvalue weighted by Gasteiger charge is -2.23. The molecule has 3 heterocycles. The maximum absolute atomic E-state index is 12.7. The summed E-state index contributed by atoms with van der Waals surface area (Å²) < 4.78 is 12.2. The van der Waals surface area contributed by atoms with E-state index in [1.54, 1.807) is 30.9 Å². The van der Waals surface area contributed by atoms with Crippen LogP contribution in [0.2, 0.25) is 0 Å². The van der Waals surface area contributed by atoms with Gasteiger partial charge in [-0.3, -0.25) is 4.79 Å². The van der Waals surface area contributed by atoms with Gasteiger partial charge in [-0.1, -0.05) is 0 Å². The molecule has 0 bridgehead atoms. The van der Waals surface area contributed by atoms with Crippen LogP contribution < -0.4 is 14.8 Å². The van der Waals surface area contributed by atoms with E-state index >= 15 is 0 Å².